The summed E-state index contributed by atoms with van der Waals surface area (Å²) in [4.78, 5) is 38.8. The molecular formula is C25H18ClN3O4. The maximum Gasteiger partial charge on any atom is 0.331 e. The number of imide groups is 2. The van der Waals surface area contributed by atoms with Gasteiger partial charge in [0.25, 0.3) is 11.8 Å². The van der Waals surface area contributed by atoms with Crippen molar-refractivity contribution < 1.29 is 18.8 Å². The van der Waals surface area contributed by atoms with Crippen LogP contribution in [0.4, 0.5) is 4.79 Å². The highest BCUT2D eigenvalue weighted by Crippen LogP contribution is 2.27. The van der Waals surface area contributed by atoms with Crippen LogP contribution < -0.4 is 5.32 Å². The summed E-state index contributed by atoms with van der Waals surface area (Å²) in [6, 6.07) is 17.8. The van der Waals surface area contributed by atoms with Crippen molar-refractivity contribution in [2.45, 2.75) is 13.1 Å². The summed E-state index contributed by atoms with van der Waals surface area (Å²) in [6.45, 7) is 0.448. The minimum absolute atomic E-state index is 0.0729. The maximum absolute atomic E-state index is 13.1. The molecule has 1 fully saturated rings. The third-order valence-corrected chi connectivity index (χ3v) is 5.87. The van der Waals surface area contributed by atoms with Crippen molar-refractivity contribution in [2.24, 2.45) is 0 Å². The first-order valence-electron chi connectivity index (χ1n) is 10.2. The van der Waals surface area contributed by atoms with Crippen LogP contribution in [-0.2, 0) is 22.7 Å². The Morgan fingerprint density at radius 3 is 2.52 bits per heavy atom. The summed E-state index contributed by atoms with van der Waals surface area (Å²) in [5, 5.41) is 3.76. The van der Waals surface area contributed by atoms with E-state index in [1.807, 2.05) is 59.3 Å². The number of halogens is 1. The fraction of sp³-hybridized carbons (Fsp3) is 0.0800. The van der Waals surface area contributed by atoms with Gasteiger partial charge in [0, 0.05) is 34.2 Å². The molecule has 1 aliphatic rings. The predicted octanol–water partition coefficient (Wildman–Crippen LogP) is 4.60. The number of para-hydroxylation sites is 1. The predicted molar refractivity (Wildman–Crippen MR) is 123 cm³/mol. The molecule has 164 valence electrons. The van der Waals surface area contributed by atoms with E-state index >= 15 is 0 Å². The number of nitrogens with one attached hydrogen (secondary N) is 1. The molecule has 5 rings (SSSR count). The number of furan rings is 1. The lowest BCUT2D eigenvalue weighted by Crippen LogP contribution is -2.53. The number of barbiturate groups is 1. The van der Waals surface area contributed by atoms with Gasteiger partial charge in [-0.2, -0.15) is 0 Å². The molecule has 4 aromatic rings. The second-order valence-electron chi connectivity index (χ2n) is 7.61. The molecule has 2 aromatic heterocycles. The van der Waals surface area contributed by atoms with Crippen LogP contribution >= 0.6 is 11.6 Å². The van der Waals surface area contributed by atoms with E-state index in [-0.39, 0.29) is 12.1 Å². The van der Waals surface area contributed by atoms with Gasteiger partial charge in [0.2, 0.25) is 0 Å². The van der Waals surface area contributed by atoms with Gasteiger partial charge in [-0.25, -0.2) is 4.79 Å². The maximum atomic E-state index is 13.1. The Balaban J connectivity index is 1.54. The first-order chi connectivity index (χ1) is 16.0. The molecule has 4 amide bonds. The Kier molecular flexibility index (Phi) is 5.32. The van der Waals surface area contributed by atoms with E-state index in [2.05, 4.69) is 5.32 Å². The zero-order valence-corrected chi connectivity index (χ0v) is 18.1. The fourth-order valence-electron chi connectivity index (χ4n) is 3.88. The van der Waals surface area contributed by atoms with E-state index in [1.165, 1.54) is 12.3 Å². The molecular weight excluding hydrogens is 442 g/mol. The number of carbonyl (C=O) groups is 3. The molecule has 0 spiro atoms. The zero-order valence-electron chi connectivity index (χ0n) is 17.3. The molecule has 3 heterocycles. The number of carbonyl (C=O) groups excluding carboxylic acids is 3. The van der Waals surface area contributed by atoms with Gasteiger partial charge in [-0.15, -0.1) is 0 Å². The molecule has 33 heavy (non-hydrogen) atoms. The van der Waals surface area contributed by atoms with Gasteiger partial charge in [-0.1, -0.05) is 48.0 Å². The Hall–Kier alpha value is -4.10. The van der Waals surface area contributed by atoms with Gasteiger partial charge in [-0.05, 0) is 35.9 Å². The first-order valence-corrected chi connectivity index (χ1v) is 10.6. The second kappa shape index (κ2) is 8.44. The normalized spacial score (nSPS) is 15.5. The molecule has 0 saturated carbocycles. The van der Waals surface area contributed by atoms with Gasteiger partial charge < -0.3 is 8.98 Å². The van der Waals surface area contributed by atoms with E-state index in [4.69, 9.17) is 16.0 Å². The summed E-state index contributed by atoms with van der Waals surface area (Å²) in [6.07, 6.45) is 4.84. The van der Waals surface area contributed by atoms with Crippen LogP contribution in [0.25, 0.3) is 17.0 Å². The molecule has 1 saturated heterocycles. The topological polar surface area (TPSA) is 84.6 Å². The average Bonchev–Trinajstić information content (AvgIpc) is 3.44. The molecule has 0 atom stereocenters. The number of nitrogens with zero attached hydrogens (tertiary/aromatic N) is 2. The largest absolute Gasteiger partial charge is 0.467 e. The summed E-state index contributed by atoms with van der Waals surface area (Å²) in [5.74, 6) is -0.977. The summed E-state index contributed by atoms with van der Waals surface area (Å²) < 4.78 is 7.26. The molecule has 0 aliphatic carbocycles. The standard InChI is InChI=1S/C25H18ClN3O4/c26-21-9-3-1-6-16(21)13-28-14-17(19-8-2-4-10-22(19)28)12-20-23(30)27-25(32)29(24(20)31)15-18-7-5-11-33-18/h1-12,14H,13,15H2,(H,27,30,32). The number of amides is 4. The summed E-state index contributed by atoms with van der Waals surface area (Å²) in [7, 11) is 0. The minimum Gasteiger partial charge on any atom is -0.467 e. The highest BCUT2D eigenvalue weighted by atomic mass is 35.5. The van der Waals surface area contributed by atoms with Crippen LogP contribution in [0.5, 0.6) is 0 Å². The van der Waals surface area contributed by atoms with Crippen molar-refractivity contribution in [2.75, 3.05) is 0 Å². The number of hydrogen-bond donors (Lipinski definition) is 1. The van der Waals surface area contributed by atoms with Gasteiger partial charge >= 0.3 is 6.03 Å². The number of rotatable bonds is 5. The van der Waals surface area contributed by atoms with E-state index in [9.17, 15) is 14.4 Å². The fourth-order valence-corrected chi connectivity index (χ4v) is 4.08. The van der Waals surface area contributed by atoms with E-state index < -0.39 is 17.8 Å². The van der Waals surface area contributed by atoms with E-state index in [0.29, 0.717) is 22.9 Å². The lowest BCUT2D eigenvalue weighted by atomic mass is 10.1. The van der Waals surface area contributed by atoms with E-state index in [1.54, 1.807) is 12.1 Å². The molecule has 0 radical (unpaired) electrons. The van der Waals surface area contributed by atoms with Crippen LogP contribution in [0.1, 0.15) is 16.9 Å². The lowest BCUT2D eigenvalue weighted by molar-refractivity contribution is -0.130. The highest BCUT2D eigenvalue weighted by molar-refractivity contribution is 6.31. The number of benzene rings is 2. The van der Waals surface area contributed by atoms with Crippen LogP contribution in [0.2, 0.25) is 5.02 Å². The van der Waals surface area contributed by atoms with Crippen molar-refractivity contribution >= 4 is 46.4 Å². The van der Waals surface area contributed by atoms with Crippen molar-refractivity contribution in [3.05, 3.63) is 101 Å². The Labute approximate surface area is 193 Å². The zero-order chi connectivity index (χ0) is 22.9. The molecule has 2 aromatic carbocycles. The Morgan fingerprint density at radius 1 is 0.939 bits per heavy atom. The third-order valence-electron chi connectivity index (χ3n) is 5.50. The Morgan fingerprint density at radius 2 is 1.73 bits per heavy atom. The lowest BCUT2D eigenvalue weighted by Gasteiger charge is -2.25. The molecule has 7 nitrogen and oxygen atoms in total. The van der Waals surface area contributed by atoms with Crippen LogP contribution in [-0.4, -0.2) is 27.3 Å². The van der Waals surface area contributed by atoms with Crippen molar-refractivity contribution in [1.82, 2.24) is 14.8 Å². The molecule has 0 unspecified atom stereocenters. The molecule has 8 heteroatoms. The number of urea groups is 1. The second-order valence-corrected chi connectivity index (χ2v) is 8.02. The SMILES string of the molecule is O=C1NC(=O)N(Cc2ccco2)C(=O)C1=Cc1cn(Cc2ccccc2Cl)c2ccccc12. The minimum atomic E-state index is -0.778. The number of aromatic nitrogens is 1. The molecule has 1 N–H and O–H groups in total. The van der Waals surface area contributed by atoms with Gasteiger partial charge in [0.1, 0.15) is 11.3 Å². The summed E-state index contributed by atoms with van der Waals surface area (Å²) in [5.41, 5.74) is 2.43. The van der Waals surface area contributed by atoms with Crippen LogP contribution in [0.15, 0.2) is 83.1 Å². The smallest absolute Gasteiger partial charge is 0.331 e. The van der Waals surface area contributed by atoms with Crippen molar-refractivity contribution in [1.29, 1.82) is 0 Å². The number of hydrogen-bond acceptors (Lipinski definition) is 4. The summed E-state index contributed by atoms with van der Waals surface area (Å²) >= 11 is 6.35. The van der Waals surface area contributed by atoms with Gasteiger partial charge in [0.05, 0.1) is 12.8 Å². The third kappa shape index (κ3) is 3.94. The van der Waals surface area contributed by atoms with Crippen molar-refractivity contribution in [3.63, 3.8) is 0 Å². The quantitative estimate of drug-likeness (QED) is 0.349. The monoisotopic (exact) mass is 459 g/mol. The van der Waals surface area contributed by atoms with Gasteiger partial charge in [0.15, 0.2) is 0 Å². The molecule has 0 bridgehead atoms. The van der Waals surface area contributed by atoms with Crippen molar-refractivity contribution in [3.8, 4) is 0 Å². The average molecular weight is 460 g/mol. The first kappa shape index (κ1) is 20.8. The Bertz CT molecular complexity index is 1420. The van der Waals surface area contributed by atoms with Crippen LogP contribution in [0, 0.1) is 0 Å². The molecule has 1 aliphatic heterocycles. The number of fused-ring (bicyclic) bond motifs is 1. The highest BCUT2D eigenvalue weighted by Gasteiger charge is 2.36. The van der Waals surface area contributed by atoms with Crippen LogP contribution in [0.3, 0.4) is 0 Å². The van der Waals surface area contributed by atoms with E-state index in [0.717, 1.165) is 21.4 Å². The van der Waals surface area contributed by atoms with Gasteiger partial charge in [-0.3, -0.25) is 19.8 Å².